The molecule has 1 aliphatic carbocycles. The number of nitrogens with one attached hydrogen (secondary N) is 1. The lowest BCUT2D eigenvalue weighted by atomic mass is 9.93. The number of nitriles is 1. The van der Waals surface area contributed by atoms with E-state index in [0.717, 1.165) is 5.70 Å². The molecule has 1 aliphatic rings. The molecule has 0 saturated heterocycles. The summed E-state index contributed by atoms with van der Waals surface area (Å²) in [6, 6.07) is 4.34. The van der Waals surface area contributed by atoms with E-state index in [1.807, 2.05) is 37.0 Å². The fourth-order valence-corrected chi connectivity index (χ4v) is 2.18. The first-order chi connectivity index (χ1) is 8.65. The fraction of sp³-hybridized carbons (Fsp3) is 0.267. The van der Waals surface area contributed by atoms with Crippen molar-refractivity contribution >= 4 is 0 Å². The summed E-state index contributed by atoms with van der Waals surface area (Å²) in [5.74, 6) is 0.218. The number of likely N-dealkylation sites (N-methyl/N-ethyl adjacent to an activating group) is 1. The van der Waals surface area contributed by atoms with Crippen LogP contribution in [0, 0.1) is 11.3 Å². The van der Waals surface area contributed by atoms with Gasteiger partial charge < -0.3 is 9.88 Å². The fourth-order valence-electron chi connectivity index (χ4n) is 2.18. The van der Waals surface area contributed by atoms with Crippen molar-refractivity contribution < 1.29 is 0 Å². The second-order valence-electron chi connectivity index (χ2n) is 4.52. The van der Waals surface area contributed by atoms with E-state index in [1.165, 1.54) is 11.1 Å². The second-order valence-corrected chi connectivity index (χ2v) is 4.52. The van der Waals surface area contributed by atoms with Crippen molar-refractivity contribution in [3.63, 3.8) is 0 Å². The summed E-state index contributed by atoms with van der Waals surface area (Å²) >= 11 is 0. The number of hydrogen-bond acceptors (Lipinski definition) is 2. The van der Waals surface area contributed by atoms with Gasteiger partial charge in [0.1, 0.15) is 6.07 Å². The number of allylic oxidation sites excluding steroid dienone is 5. The van der Waals surface area contributed by atoms with Crippen LogP contribution in [0.1, 0.15) is 18.4 Å². The van der Waals surface area contributed by atoms with Crippen LogP contribution in [0.5, 0.6) is 0 Å². The molecule has 1 heterocycles. The molecule has 0 saturated carbocycles. The summed E-state index contributed by atoms with van der Waals surface area (Å²) in [7, 11) is 3.86. The molecule has 1 atom stereocenters. The standard InChI is InChI=1S/C15H17N3/c1-11-4-5-12(9-16)15(17-2)8-14(11)13-6-7-18(3)10-13/h4-8,10,14,17H,1-3H3/t14-/m1/s1. The molecule has 2 rings (SSSR count). The minimum absolute atomic E-state index is 0.218. The molecule has 0 unspecified atom stereocenters. The zero-order valence-corrected chi connectivity index (χ0v) is 10.9. The molecule has 1 N–H and O–H groups in total. The van der Waals surface area contributed by atoms with Crippen LogP contribution >= 0.6 is 0 Å². The van der Waals surface area contributed by atoms with Crippen molar-refractivity contribution in [3.05, 3.63) is 59.1 Å². The Bertz CT molecular complexity index is 579. The number of nitrogens with zero attached hydrogens (tertiary/aromatic N) is 2. The lowest BCUT2D eigenvalue weighted by Crippen LogP contribution is -2.09. The SMILES string of the molecule is CNC1=C[C@@H](c2ccn(C)c2)C(C)=CC=C1C#N. The third kappa shape index (κ3) is 2.23. The predicted octanol–water partition coefficient (Wildman–Crippen LogP) is 2.62. The van der Waals surface area contributed by atoms with Crippen LogP contribution in [-0.4, -0.2) is 11.6 Å². The zero-order chi connectivity index (χ0) is 13.1. The third-order valence-electron chi connectivity index (χ3n) is 3.23. The van der Waals surface area contributed by atoms with E-state index in [0.29, 0.717) is 5.57 Å². The van der Waals surface area contributed by atoms with E-state index in [2.05, 4.69) is 36.6 Å². The maximum absolute atomic E-state index is 9.13. The lowest BCUT2D eigenvalue weighted by Gasteiger charge is -2.13. The van der Waals surface area contributed by atoms with Gasteiger partial charge in [-0.05, 0) is 30.7 Å². The van der Waals surface area contributed by atoms with E-state index >= 15 is 0 Å². The largest absolute Gasteiger partial charge is 0.387 e. The molecule has 1 aromatic heterocycles. The van der Waals surface area contributed by atoms with Gasteiger partial charge in [-0.15, -0.1) is 0 Å². The topological polar surface area (TPSA) is 40.8 Å². The zero-order valence-electron chi connectivity index (χ0n) is 10.9. The van der Waals surface area contributed by atoms with Crippen molar-refractivity contribution in [2.75, 3.05) is 7.05 Å². The highest BCUT2D eigenvalue weighted by Crippen LogP contribution is 2.30. The Kier molecular flexibility index (Phi) is 3.38. The van der Waals surface area contributed by atoms with Gasteiger partial charge in [0, 0.05) is 38.1 Å². The Morgan fingerprint density at radius 3 is 2.72 bits per heavy atom. The summed E-state index contributed by atoms with van der Waals surface area (Å²) in [4.78, 5) is 0. The molecule has 1 aromatic rings. The molecule has 0 aromatic carbocycles. The van der Waals surface area contributed by atoms with Crippen molar-refractivity contribution in [3.8, 4) is 6.07 Å². The first kappa shape index (κ1) is 12.3. The smallest absolute Gasteiger partial charge is 0.101 e. The van der Waals surface area contributed by atoms with Crippen LogP contribution in [0.15, 0.2) is 53.5 Å². The highest BCUT2D eigenvalue weighted by molar-refractivity contribution is 5.49. The van der Waals surface area contributed by atoms with Crippen LogP contribution in [0.2, 0.25) is 0 Å². The van der Waals surface area contributed by atoms with Crippen molar-refractivity contribution in [2.45, 2.75) is 12.8 Å². The minimum atomic E-state index is 0.218. The molecule has 0 spiro atoms. The van der Waals surface area contributed by atoms with Crippen LogP contribution < -0.4 is 5.32 Å². The molecule has 0 radical (unpaired) electrons. The van der Waals surface area contributed by atoms with Gasteiger partial charge in [0.25, 0.3) is 0 Å². The van der Waals surface area contributed by atoms with Crippen LogP contribution in [-0.2, 0) is 7.05 Å². The van der Waals surface area contributed by atoms with Crippen molar-refractivity contribution in [1.82, 2.24) is 9.88 Å². The monoisotopic (exact) mass is 239 g/mol. The van der Waals surface area contributed by atoms with E-state index in [9.17, 15) is 0 Å². The Hall–Kier alpha value is -2.21. The van der Waals surface area contributed by atoms with Gasteiger partial charge in [0.05, 0.1) is 5.57 Å². The molecule has 92 valence electrons. The van der Waals surface area contributed by atoms with Crippen LogP contribution in [0.4, 0.5) is 0 Å². The van der Waals surface area contributed by atoms with Gasteiger partial charge in [-0.2, -0.15) is 5.26 Å². The van der Waals surface area contributed by atoms with Gasteiger partial charge in [-0.25, -0.2) is 0 Å². The highest BCUT2D eigenvalue weighted by Gasteiger charge is 2.16. The van der Waals surface area contributed by atoms with E-state index < -0.39 is 0 Å². The molecule has 0 fully saturated rings. The summed E-state index contributed by atoms with van der Waals surface area (Å²) < 4.78 is 2.04. The average Bonchev–Trinajstić information content (AvgIpc) is 2.71. The summed E-state index contributed by atoms with van der Waals surface area (Å²) in [5.41, 5.74) is 4.04. The van der Waals surface area contributed by atoms with Gasteiger partial charge in [-0.3, -0.25) is 0 Å². The number of aromatic nitrogens is 1. The number of hydrogen-bond donors (Lipinski definition) is 1. The lowest BCUT2D eigenvalue weighted by molar-refractivity contribution is 0.899. The summed E-state index contributed by atoms with van der Waals surface area (Å²) in [6.07, 6.45) is 10.2. The second kappa shape index (κ2) is 4.97. The number of rotatable bonds is 2. The minimum Gasteiger partial charge on any atom is -0.387 e. The maximum atomic E-state index is 9.13. The molecule has 18 heavy (non-hydrogen) atoms. The van der Waals surface area contributed by atoms with E-state index in [1.54, 1.807) is 0 Å². The Balaban J connectivity index is 2.46. The van der Waals surface area contributed by atoms with E-state index in [-0.39, 0.29) is 5.92 Å². The van der Waals surface area contributed by atoms with Crippen molar-refractivity contribution in [1.29, 1.82) is 5.26 Å². The predicted molar refractivity (Wildman–Crippen MR) is 72.7 cm³/mol. The first-order valence-corrected chi connectivity index (χ1v) is 5.96. The number of aryl methyl sites for hydroxylation is 1. The van der Waals surface area contributed by atoms with Gasteiger partial charge in [0.15, 0.2) is 0 Å². The molecule has 0 aliphatic heterocycles. The van der Waals surface area contributed by atoms with Gasteiger partial charge >= 0.3 is 0 Å². The molecular formula is C15H17N3. The van der Waals surface area contributed by atoms with Crippen molar-refractivity contribution in [2.24, 2.45) is 7.05 Å². The highest BCUT2D eigenvalue weighted by atomic mass is 14.9. The van der Waals surface area contributed by atoms with E-state index in [4.69, 9.17) is 5.26 Å². The quantitative estimate of drug-likeness (QED) is 0.862. The first-order valence-electron chi connectivity index (χ1n) is 5.96. The Morgan fingerprint density at radius 1 is 1.39 bits per heavy atom. The summed E-state index contributed by atoms with van der Waals surface area (Å²) in [6.45, 7) is 2.10. The third-order valence-corrected chi connectivity index (χ3v) is 3.23. The molecule has 0 bridgehead atoms. The molecule has 3 nitrogen and oxygen atoms in total. The average molecular weight is 239 g/mol. The maximum Gasteiger partial charge on any atom is 0.101 e. The van der Waals surface area contributed by atoms with Gasteiger partial charge in [-0.1, -0.05) is 11.6 Å². The normalized spacial score (nSPS) is 19.2. The Labute approximate surface area is 108 Å². The molecule has 3 heteroatoms. The molecular weight excluding hydrogens is 222 g/mol. The molecule has 0 amide bonds. The van der Waals surface area contributed by atoms with Crippen LogP contribution in [0.3, 0.4) is 0 Å². The Morgan fingerprint density at radius 2 is 2.17 bits per heavy atom. The van der Waals surface area contributed by atoms with Crippen LogP contribution in [0.25, 0.3) is 0 Å². The van der Waals surface area contributed by atoms with Gasteiger partial charge in [0.2, 0.25) is 0 Å². The summed E-state index contributed by atoms with van der Waals surface area (Å²) in [5, 5.41) is 12.2.